The van der Waals surface area contributed by atoms with Crippen molar-refractivity contribution >= 4 is 10.0 Å². The Morgan fingerprint density at radius 2 is 2.05 bits per heavy atom. The van der Waals surface area contributed by atoms with Gasteiger partial charge in [-0.2, -0.15) is 9.40 Å². The van der Waals surface area contributed by atoms with Gasteiger partial charge in [-0.1, -0.05) is 26.2 Å². The van der Waals surface area contributed by atoms with Crippen LogP contribution in [0, 0.1) is 5.92 Å². The molecule has 1 heterocycles. The second-order valence-electron chi connectivity index (χ2n) is 5.73. The van der Waals surface area contributed by atoms with Crippen molar-refractivity contribution in [1.29, 1.82) is 0 Å². The maximum atomic E-state index is 12.5. The summed E-state index contributed by atoms with van der Waals surface area (Å²) in [6.45, 7) is 2.85. The molecule has 20 heavy (non-hydrogen) atoms. The van der Waals surface area contributed by atoms with Gasteiger partial charge in [0.1, 0.15) is 0 Å². The molecule has 0 radical (unpaired) electrons. The van der Waals surface area contributed by atoms with Gasteiger partial charge in [0.2, 0.25) is 10.0 Å². The Morgan fingerprint density at radius 1 is 1.35 bits per heavy atom. The lowest BCUT2D eigenvalue weighted by molar-refractivity contribution is 0.367. The minimum absolute atomic E-state index is 0.307. The summed E-state index contributed by atoms with van der Waals surface area (Å²) >= 11 is 0. The van der Waals surface area contributed by atoms with Crippen LogP contribution in [-0.2, 0) is 23.6 Å². The van der Waals surface area contributed by atoms with Crippen LogP contribution in [0.3, 0.4) is 0 Å². The molecule has 6 heteroatoms. The number of nitrogens with zero attached hydrogens (tertiary/aromatic N) is 3. The van der Waals surface area contributed by atoms with Gasteiger partial charge in [-0.05, 0) is 18.8 Å². The smallest absolute Gasteiger partial charge is 0.214 e. The Bertz CT molecular complexity index is 518. The second kappa shape index (κ2) is 6.72. The highest BCUT2D eigenvalue weighted by Gasteiger charge is 2.26. The van der Waals surface area contributed by atoms with Crippen LogP contribution >= 0.6 is 0 Å². The molecule has 1 saturated carbocycles. The van der Waals surface area contributed by atoms with Crippen molar-refractivity contribution < 1.29 is 8.42 Å². The molecule has 0 spiro atoms. The molecule has 0 atom stereocenters. The summed E-state index contributed by atoms with van der Waals surface area (Å²) in [5, 5.41) is 4.10. The molecule has 0 bridgehead atoms. The summed E-state index contributed by atoms with van der Waals surface area (Å²) < 4.78 is 28.4. The van der Waals surface area contributed by atoms with Crippen LogP contribution in [0.25, 0.3) is 0 Å². The zero-order valence-electron chi connectivity index (χ0n) is 12.5. The fourth-order valence-electron chi connectivity index (χ4n) is 2.92. The van der Waals surface area contributed by atoms with Crippen molar-refractivity contribution in [2.24, 2.45) is 13.0 Å². The topological polar surface area (TPSA) is 55.2 Å². The van der Waals surface area contributed by atoms with E-state index in [4.69, 9.17) is 0 Å². The van der Waals surface area contributed by atoms with Crippen LogP contribution in [-0.4, -0.2) is 34.8 Å². The van der Waals surface area contributed by atoms with Crippen LogP contribution in [0.15, 0.2) is 12.4 Å². The highest BCUT2D eigenvalue weighted by molar-refractivity contribution is 7.89. The molecule has 0 aromatic carbocycles. The van der Waals surface area contributed by atoms with Crippen molar-refractivity contribution in [2.45, 2.75) is 45.6 Å². The van der Waals surface area contributed by atoms with Crippen molar-refractivity contribution in [3.8, 4) is 0 Å². The molecule has 114 valence electrons. The molecule has 1 aromatic rings. The minimum Gasteiger partial charge on any atom is -0.275 e. The van der Waals surface area contributed by atoms with E-state index in [1.807, 2.05) is 20.2 Å². The normalized spacial score (nSPS) is 17.8. The highest BCUT2D eigenvalue weighted by atomic mass is 32.2. The molecular weight excluding hydrogens is 274 g/mol. The van der Waals surface area contributed by atoms with E-state index in [1.165, 1.54) is 19.3 Å². The third kappa shape index (κ3) is 4.06. The van der Waals surface area contributed by atoms with E-state index in [0.29, 0.717) is 24.8 Å². The summed E-state index contributed by atoms with van der Waals surface area (Å²) in [6, 6.07) is 0. The standard InChI is InChI=1S/C14H25N3O2S/c1-3-17(11-14-9-15-16(2)10-14)20(18,19)12-13-7-5-4-6-8-13/h9-10,13H,3-8,11-12H2,1-2H3. The molecule has 1 aliphatic carbocycles. The molecule has 0 N–H and O–H groups in total. The Hall–Kier alpha value is -0.880. The molecule has 0 amide bonds. The molecule has 2 rings (SSSR count). The zero-order chi connectivity index (χ0) is 14.6. The van der Waals surface area contributed by atoms with E-state index >= 15 is 0 Å². The number of aromatic nitrogens is 2. The van der Waals surface area contributed by atoms with Gasteiger partial charge in [-0.3, -0.25) is 4.68 Å². The summed E-state index contributed by atoms with van der Waals surface area (Å²) in [5.41, 5.74) is 0.946. The third-order valence-corrected chi connectivity index (χ3v) is 6.10. The lowest BCUT2D eigenvalue weighted by atomic mass is 9.91. The van der Waals surface area contributed by atoms with Crippen molar-refractivity contribution in [1.82, 2.24) is 14.1 Å². The van der Waals surface area contributed by atoms with E-state index in [0.717, 1.165) is 18.4 Å². The summed E-state index contributed by atoms with van der Waals surface area (Å²) in [5.74, 6) is 0.651. The predicted octanol–water partition coefficient (Wildman–Crippen LogP) is 2.15. The first-order valence-electron chi connectivity index (χ1n) is 7.46. The Morgan fingerprint density at radius 3 is 2.60 bits per heavy atom. The third-order valence-electron chi connectivity index (χ3n) is 4.03. The number of sulfonamides is 1. The quantitative estimate of drug-likeness (QED) is 0.809. The zero-order valence-corrected chi connectivity index (χ0v) is 13.3. The van der Waals surface area contributed by atoms with Crippen LogP contribution < -0.4 is 0 Å². The van der Waals surface area contributed by atoms with Crippen LogP contribution in [0.4, 0.5) is 0 Å². The van der Waals surface area contributed by atoms with Gasteiger partial charge < -0.3 is 0 Å². The lowest BCUT2D eigenvalue weighted by Gasteiger charge is -2.26. The van der Waals surface area contributed by atoms with Crippen molar-refractivity contribution in [3.05, 3.63) is 18.0 Å². The van der Waals surface area contributed by atoms with Gasteiger partial charge in [0.05, 0.1) is 11.9 Å². The number of aryl methyl sites for hydroxylation is 1. The van der Waals surface area contributed by atoms with Crippen LogP contribution in [0.5, 0.6) is 0 Å². The first kappa shape index (κ1) is 15.5. The maximum Gasteiger partial charge on any atom is 0.214 e. The van der Waals surface area contributed by atoms with E-state index in [2.05, 4.69) is 5.10 Å². The molecule has 1 aliphatic rings. The lowest BCUT2D eigenvalue weighted by Crippen LogP contribution is -2.35. The summed E-state index contributed by atoms with van der Waals surface area (Å²) in [6.07, 6.45) is 9.33. The maximum absolute atomic E-state index is 12.5. The fourth-order valence-corrected chi connectivity index (χ4v) is 4.80. The SMILES string of the molecule is CCN(Cc1cnn(C)c1)S(=O)(=O)CC1CCCCC1. The fraction of sp³-hybridized carbons (Fsp3) is 0.786. The average Bonchev–Trinajstić information content (AvgIpc) is 2.82. The molecular formula is C14H25N3O2S. The predicted molar refractivity (Wildman–Crippen MR) is 79.7 cm³/mol. The molecule has 0 saturated heterocycles. The molecule has 0 aliphatic heterocycles. The van der Waals surface area contributed by atoms with E-state index in [9.17, 15) is 8.42 Å². The van der Waals surface area contributed by atoms with E-state index < -0.39 is 10.0 Å². The van der Waals surface area contributed by atoms with E-state index in [-0.39, 0.29) is 0 Å². The number of hydrogen-bond acceptors (Lipinski definition) is 3. The van der Waals surface area contributed by atoms with Gasteiger partial charge in [-0.25, -0.2) is 8.42 Å². The Kier molecular flexibility index (Phi) is 5.21. The van der Waals surface area contributed by atoms with Gasteiger partial charge in [0.15, 0.2) is 0 Å². The van der Waals surface area contributed by atoms with Crippen LogP contribution in [0.2, 0.25) is 0 Å². The molecule has 1 aromatic heterocycles. The Balaban J connectivity index is 2.00. The van der Waals surface area contributed by atoms with Gasteiger partial charge in [-0.15, -0.1) is 0 Å². The Labute approximate surface area is 122 Å². The van der Waals surface area contributed by atoms with Gasteiger partial charge in [0, 0.05) is 31.9 Å². The van der Waals surface area contributed by atoms with E-state index in [1.54, 1.807) is 15.2 Å². The average molecular weight is 299 g/mol. The summed E-state index contributed by atoms with van der Waals surface area (Å²) in [7, 11) is -1.32. The first-order valence-corrected chi connectivity index (χ1v) is 9.07. The monoisotopic (exact) mass is 299 g/mol. The van der Waals surface area contributed by atoms with Crippen molar-refractivity contribution in [2.75, 3.05) is 12.3 Å². The summed E-state index contributed by atoms with van der Waals surface area (Å²) in [4.78, 5) is 0. The highest BCUT2D eigenvalue weighted by Crippen LogP contribution is 2.26. The number of hydrogen-bond donors (Lipinski definition) is 0. The van der Waals surface area contributed by atoms with Gasteiger partial charge >= 0.3 is 0 Å². The van der Waals surface area contributed by atoms with Gasteiger partial charge in [0.25, 0.3) is 0 Å². The second-order valence-corrected chi connectivity index (χ2v) is 7.74. The molecule has 5 nitrogen and oxygen atoms in total. The largest absolute Gasteiger partial charge is 0.275 e. The van der Waals surface area contributed by atoms with Crippen molar-refractivity contribution in [3.63, 3.8) is 0 Å². The molecule has 1 fully saturated rings. The first-order chi connectivity index (χ1) is 9.51. The molecule has 0 unspecified atom stereocenters. The minimum atomic E-state index is -3.16. The number of rotatable bonds is 6. The van der Waals surface area contributed by atoms with Crippen LogP contribution in [0.1, 0.15) is 44.6 Å².